The number of aliphatic hydroxyl groups is 1. The number of rotatable bonds is 5. The van der Waals surface area contributed by atoms with Gasteiger partial charge in [-0.05, 0) is 32.8 Å². The summed E-state index contributed by atoms with van der Waals surface area (Å²) in [5.41, 5.74) is 2.83. The van der Waals surface area contributed by atoms with Crippen molar-refractivity contribution in [3.63, 3.8) is 0 Å². The van der Waals surface area contributed by atoms with Crippen molar-refractivity contribution in [1.82, 2.24) is 9.88 Å². The van der Waals surface area contributed by atoms with Crippen LogP contribution in [0.3, 0.4) is 0 Å². The monoisotopic (exact) mass is 238 g/mol. The van der Waals surface area contributed by atoms with Crippen LogP contribution in [0.1, 0.15) is 35.6 Å². The van der Waals surface area contributed by atoms with E-state index in [-0.39, 0.29) is 18.4 Å². The molecule has 0 bridgehead atoms. The Kier molecular flexibility index (Phi) is 4.75. The summed E-state index contributed by atoms with van der Waals surface area (Å²) in [5.74, 6) is 0.0340. The van der Waals surface area contributed by atoms with Crippen LogP contribution in [0, 0.1) is 19.8 Å². The molecule has 1 amide bonds. The van der Waals surface area contributed by atoms with E-state index in [4.69, 9.17) is 5.11 Å². The van der Waals surface area contributed by atoms with E-state index in [1.54, 1.807) is 0 Å². The van der Waals surface area contributed by atoms with Crippen LogP contribution in [0.25, 0.3) is 0 Å². The second kappa shape index (κ2) is 5.87. The average molecular weight is 238 g/mol. The first-order valence-corrected chi connectivity index (χ1v) is 6.07. The Morgan fingerprint density at radius 1 is 1.53 bits per heavy atom. The molecule has 96 valence electrons. The number of aromatic nitrogens is 1. The van der Waals surface area contributed by atoms with E-state index in [0.717, 1.165) is 23.5 Å². The maximum atomic E-state index is 12.0. The summed E-state index contributed by atoms with van der Waals surface area (Å²) in [6, 6.07) is 1.91. The number of amides is 1. The summed E-state index contributed by atoms with van der Waals surface area (Å²) in [6.45, 7) is 9.40. The van der Waals surface area contributed by atoms with Gasteiger partial charge in [-0.2, -0.15) is 0 Å². The molecule has 0 radical (unpaired) electrons. The van der Waals surface area contributed by atoms with Crippen molar-refractivity contribution >= 4 is 5.91 Å². The molecule has 0 aromatic carbocycles. The smallest absolute Gasteiger partial charge is 0.253 e. The van der Waals surface area contributed by atoms with Crippen molar-refractivity contribution in [2.75, 3.05) is 13.2 Å². The third-order valence-electron chi connectivity index (χ3n) is 3.06. The molecule has 0 aliphatic rings. The number of hydrogen-bond acceptors (Lipinski definition) is 2. The number of carbonyl (C=O) groups excluding carboxylic acids is 1. The molecule has 1 aromatic rings. The molecule has 1 heterocycles. The number of aliphatic hydroxyl groups excluding tert-OH is 1. The highest BCUT2D eigenvalue weighted by atomic mass is 16.3. The lowest BCUT2D eigenvalue weighted by Crippen LogP contribution is -2.29. The molecule has 0 fully saturated rings. The van der Waals surface area contributed by atoms with E-state index in [9.17, 15) is 4.79 Å². The van der Waals surface area contributed by atoms with Crippen molar-refractivity contribution in [2.24, 2.45) is 5.92 Å². The van der Waals surface area contributed by atoms with Crippen LogP contribution in [-0.4, -0.2) is 28.7 Å². The van der Waals surface area contributed by atoms with Crippen LogP contribution in [-0.2, 0) is 6.54 Å². The number of aryl methyl sites for hydroxylation is 1. The molecule has 1 atom stereocenters. The van der Waals surface area contributed by atoms with Crippen LogP contribution >= 0.6 is 0 Å². The van der Waals surface area contributed by atoms with Gasteiger partial charge in [-0.1, -0.05) is 6.92 Å². The zero-order valence-electron chi connectivity index (χ0n) is 11.1. The molecule has 17 heavy (non-hydrogen) atoms. The van der Waals surface area contributed by atoms with Gasteiger partial charge in [0, 0.05) is 31.1 Å². The second-order valence-corrected chi connectivity index (χ2v) is 4.53. The third-order valence-corrected chi connectivity index (χ3v) is 3.06. The van der Waals surface area contributed by atoms with Crippen LogP contribution in [0.5, 0.6) is 0 Å². The maximum absolute atomic E-state index is 12.0. The van der Waals surface area contributed by atoms with Gasteiger partial charge in [0.25, 0.3) is 5.91 Å². The minimum Gasteiger partial charge on any atom is -0.396 e. The van der Waals surface area contributed by atoms with Crippen LogP contribution < -0.4 is 5.32 Å². The van der Waals surface area contributed by atoms with E-state index < -0.39 is 0 Å². The molecule has 0 spiro atoms. The Morgan fingerprint density at radius 2 is 2.18 bits per heavy atom. The topological polar surface area (TPSA) is 54.3 Å². The predicted octanol–water partition coefficient (Wildman–Crippen LogP) is 1.48. The van der Waals surface area contributed by atoms with Gasteiger partial charge < -0.3 is 15.0 Å². The lowest BCUT2D eigenvalue weighted by molar-refractivity contribution is 0.0941. The summed E-state index contributed by atoms with van der Waals surface area (Å²) in [6.07, 6.45) is 0. The molecule has 4 heteroatoms. The quantitative estimate of drug-likeness (QED) is 0.816. The Bertz CT molecular complexity index is 396. The van der Waals surface area contributed by atoms with E-state index in [1.165, 1.54) is 0 Å². The van der Waals surface area contributed by atoms with Gasteiger partial charge in [0.2, 0.25) is 0 Å². The summed E-state index contributed by atoms with van der Waals surface area (Å²) in [7, 11) is 0. The van der Waals surface area contributed by atoms with E-state index in [0.29, 0.717) is 6.54 Å². The molecule has 1 aromatic heterocycles. The van der Waals surface area contributed by atoms with Gasteiger partial charge in [0.1, 0.15) is 0 Å². The number of nitrogens with one attached hydrogen (secondary N) is 1. The third kappa shape index (κ3) is 3.09. The molecule has 0 aliphatic carbocycles. The molecule has 0 aliphatic heterocycles. The largest absolute Gasteiger partial charge is 0.396 e. The Labute approximate surface area is 103 Å². The van der Waals surface area contributed by atoms with Crippen LogP contribution in [0.4, 0.5) is 0 Å². The van der Waals surface area contributed by atoms with Gasteiger partial charge in [0.15, 0.2) is 0 Å². The zero-order valence-corrected chi connectivity index (χ0v) is 11.1. The molecule has 1 unspecified atom stereocenters. The van der Waals surface area contributed by atoms with Gasteiger partial charge in [-0.3, -0.25) is 4.79 Å². The van der Waals surface area contributed by atoms with Crippen LogP contribution in [0.15, 0.2) is 6.07 Å². The van der Waals surface area contributed by atoms with E-state index in [1.807, 2.05) is 26.8 Å². The fourth-order valence-electron chi connectivity index (χ4n) is 1.94. The predicted molar refractivity (Wildman–Crippen MR) is 68.2 cm³/mol. The van der Waals surface area contributed by atoms with Gasteiger partial charge in [-0.25, -0.2) is 0 Å². The molecule has 0 saturated heterocycles. The normalized spacial score (nSPS) is 12.5. The first-order valence-electron chi connectivity index (χ1n) is 6.07. The standard InChI is InChI=1S/C13H22N2O2/c1-5-15-10(3)6-12(11(15)4)13(17)14-7-9(2)8-16/h6,9,16H,5,7-8H2,1-4H3,(H,14,17). The van der Waals surface area contributed by atoms with Gasteiger partial charge in [0.05, 0.1) is 5.56 Å². The SMILES string of the molecule is CCn1c(C)cc(C(=O)NCC(C)CO)c1C. The second-order valence-electron chi connectivity index (χ2n) is 4.53. The van der Waals surface area contributed by atoms with Crippen molar-refractivity contribution in [3.05, 3.63) is 23.0 Å². The Hall–Kier alpha value is -1.29. The Balaban J connectivity index is 2.76. The summed E-state index contributed by atoms with van der Waals surface area (Å²) in [4.78, 5) is 12.0. The van der Waals surface area contributed by atoms with E-state index in [2.05, 4.69) is 16.8 Å². The highest BCUT2D eigenvalue weighted by Gasteiger charge is 2.15. The fourth-order valence-corrected chi connectivity index (χ4v) is 1.94. The molecule has 2 N–H and O–H groups in total. The van der Waals surface area contributed by atoms with E-state index >= 15 is 0 Å². The first kappa shape index (κ1) is 13.8. The number of hydrogen-bond donors (Lipinski definition) is 2. The van der Waals surface area contributed by atoms with Gasteiger partial charge in [-0.15, -0.1) is 0 Å². The minimum atomic E-state index is -0.0573. The lowest BCUT2D eigenvalue weighted by Gasteiger charge is -2.10. The maximum Gasteiger partial charge on any atom is 0.253 e. The molecule has 4 nitrogen and oxygen atoms in total. The lowest BCUT2D eigenvalue weighted by atomic mass is 10.2. The van der Waals surface area contributed by atoms with Crippen molar-refractivity contribution in [1.29, 1.82) is 0 Å². The fraction of sp³-hybridized carbons (Fsp3) is 0.615. The first-order chi connectivity index (χ1) is 8.01. The molecule has 0 saturated carbocycles. The number of carbonyl (C=O) groups is 1. The zero-order chi connectivity index (χ0) is 13.0. The average Bonchev–Trinajstić information content (AvgIpc) is 2.60. The summed E-state index contributed by atoms with van der Waals surface area (Å²) in [5, 5.41) is 11.7. The molecular formula is C13H22N2O2. The summed E-state index contributed by atoms with van der Waals surface area (Å²) < 4.78 is 2.12. The van der Waals surface area contributed by atoms with Crippen LogP contribution in [0.2, 0.25) is 0 Å². The highest BCUT2D eigenvalue weighted by Crippen LogP contribution is 2.14. The molecular weight excluding hydrogens is 216 g/mol. The van der Waals surface area contributed by atoms with Crippen molar-refractivity contribution in [2.45, 2.75) is 34.2 Å². The van der Waals surface area contributed by atoms with Crippen molar-refractivity contribution < 1.29 is 9.90 Å². The summed E-state index contributed by atoms with van der Waals surface area (Å²) >= 11 is 0. The number of nitrogens with zero attached hydrogens (tertiary/aromatic N) is 1. The molecule has 1 rings (SSSR count). The Morgan fingerprint density at radius 3 is 2.65 bits per heavy atom. The highest BCUT2D eigenvalue weighted by molar-refractivity contribution is 5.95. The minimum absolute atomic E-state index is 0.0573. The van der Waals surface area contributed by atoms with Gasteiger partial charge >= 0.3 is 0 Å². The van der Waals surface area contributed by atoms with Crippen molar-refractivity contribution in [3.8, 4) is 0 Å².